The molecule has 0 saturated carbocycles. The van der Waals surface area contributed by atoms with Crippen molar-refractivity contribution in [2.45, 2.75) is 13.8 Å². The van der Waals surface area contributed by atoms with E-state index < -0.39 is 0 Å². The molecule has 0 fully saturated rings. The summed E-state index contributed by atoms with van der Waals surface area (Å²) in [5.41, 5.74) is 1.99. The Kier molecular flexibility index (Phi) is 3.69. The van der Waals surface area contributed by atoms with Crippen molar-refractivity contribution in [2.24, 2.45) is 0 Å². The summed E-state index contributed by atoms with van der Waals surface area (Å²) in [4.78, 5) is 4.30. The fourth-order valence-corrected chi connectivity index (χ4v) is 1.99. The number of methoxy groups -OCH3 is 1. The van der Waals surface area contributed by atoms with Gasteiger partial charge in [-0.3, -0.25) is 0 Å². The molecule has 7 nitrogen and oxygen atoms in total. The zero-order valence-corrected chi connectivity index (χ0v) is 12.5. The predicted octanol–water partition coefficient (Wildman–Crippen LogP) is 2.58. The molecule has 0 bridgehead atoms. The molecule has 0 spiro atoms. The Morgan fingerprint density at radius 3 is 2.77 bits per heavy atom. The molecule has 0 unspecified atom stereocenters. The summed E-state index contributed by atoms with van der Waals surface area (Å²) < 4.78 is 12.1. The standard InChI is InChI=1S/C15H15N5O2/c1-10-6-12(8-13(7-10)21-3)15-16-9-20(19-15)5-4-14-18-17-11(2)22-14/h4-9H,1-3H3/b5-4-. The van der Waals surface area contributed by atoms with E-state index in [1.54, 1.807) is 37.3 Å². The van der Waals surface area contributed by atoms with E-state index in [4.69, 9.17) is 9.15 Å². The van der Waals surface area contributed by atoms with E-state index in [2.05, 4.69) is 20.3 Å². The van der Waals surface area contributed by atoms with Crippen LogP contribution in [0, 0.1) is 13.8 Å². The van der Waals surface area contributed by atoms with Gasteiger partial charge in [-0.1, -0.05) is 0 Å². The van der Waals surface area contributed by atoms with Crippen molar-refractivity contribution < 1.29 is 9.15 Å². The summed E-state index contributed by atoms with van der Waals surface area (Å²) >= 11 is 0. The minimum absolute atomic E-state index is 0.423. The van der Waals surface area contributed by atoms with E-state index in [1.165, 1.54) is 0 Å². The minimum atomic E-state index is 0.423. The van der Waals surface area contributed by atoms with Crippen molar-refractivity contribution in [3.8, 4) is 17.1 Å². The number of hydrogen-bond donors (Lipinski definition) is 0. The average molecular weight is 297 g/mol. The van der Waals surface area contributed by atoms with Crippen molar-refractivity contribution in [1.82, 2.24) is 25.0 Å². The van der Waals surface area contributed by atoms with E-state index in [-0.39, 0.29) is 0 Å². The van der Waals surface area contributed by atoms with Gasteiger partial charge in [-0.25, -0.2) is 9.67 Å². The molecule has 0 N–H and O–H groups in total. The number of aromatic nitrogens is 5. The van der Waals surface area contributed by atoms with Crippen LogP contribution in [0.25, 0.3) is 23.7 Å². The summed E-state index contributed by atoms with van der Waals surface area (Å²) in [6, 6.07) is 5.86. The summed E-state index contributed by atoms with van der Waals surface area (Å²) in [5.74, 6) is 2.34. The normalized spacial score (nSPS) is 11.2. The highest BCUT2D eigenvalue weighted by molar-refractivity contribution is 5.60. The Bertz CT molecular complexity index is 819. The molecule has 0 aliphatic heterocycles. The van der Waals surface area contributed by atoms with Crippen molar-refractivity contribution in [1.29, 1.82) is 0 Å². The number of hydrogen-bond acceptors (Lipinski definition) is 6. The average Bonchev–Trinajstić information content (AvgIpc) is 3.13. The zero-order chi connectivity index (χ0) is 15.5. The fraction of sp³-hybridized carbons (Fsp3) is 0.200. The Balaban J connectivity index is 1.84. The van der Waals surface area contributed by atoms with Gasteiger partial charge in [-0.2, -0.15) is 0 Å². The first kappa shape index (κ1) is 14.0. The summed E-state index contributed by atoms with van der Waals surface area (Å²) in [7, 11) is 1.64. The molecule has 22 heavy (non-hydrogen) atoms. The van der Waals surface area contributed by atoms with Gasteiger partial charge in [0.05, 0.1) is 7.11 Å². The topological polar surface area (TPSA) is 78.9 Å². The van der Waals surface area contributed by atoms with Crippen molar-refractivity contribution >= 4 is 12.3 Å². The molecule has 0 aliphatic carbocycles. The molecule has 7 heteroatoms. The van der Waals surface area contributed by atoms with Gasteiger partial charge in [0.2, 0.25) is 11.8 Å². The van der Waals surface area contributed by atoms with Gasteiger partial charge >= 0.3 is 0 Å². The third-order valence-electron chi connectivity index (χ3n) is 2.96. The first-order valence-corrected chi connectivity index (χ1v) is 6.69. The summed E-state index contributed by atoms with van der Waals surface area (Å²) in [6.07, 6.45) is 5.00. The van der Waals surface area contributed by atoms with Crippen LogP contribution in [-0.4, -0.2) is 32.1 Å². The molecular weight excluding hydrogens is 282 g/mol. The van der Waals surface area contributed by atoms with Gasteiger partial charge in [-0.05, 0) is 30.7 Å². The number of rotatable bonds is 4. The van der Waals surface area contributed by atoms with Gasteiger partial charge in [0, 0.05) is 24.8 Å². The molecule has 2 heterocycles. The van der Waals surface area contributed by atoms with Crippen LogP contribution in [0.4, 0.5) is 0 Å². The van der Waals surface area contributed by atoms with E-state index in [0.717, 1.165) is 16.9 Å². The van der Waals surface area contributed by atoms with Crippen molar-refractivity contribution in [3.05, 3.63) is 41.9 Å². The van der Waals surface area contributed by atoms with Gasteiger partial charge in [0.15, 0.2) is 5.82 Å². The SMILES string of the molecule is COc1cc(C)cc(-c2ncn(/C=C\c3nnc(C)o3)n2)c1. The van der Waals surface area contributed by atoms with Crippen LogP contribution in [0.3, 0.4) is 0 Å². The number of nitrogens with zero attached hydrogens (tertiary/aromatic N) is 5. The predicted molar refractivity (Wildman–Crippen MR) is 81.0 cm³/mol. The molecule has 1 aromatic carbocycles. The van der Waals surface area contributed by atoms with Gasteiger partial charge < -0.3 is 9.15 Å². The fourth-order valence-electron chi connectivity index (χ4n) is 1.99. The molecule has 0 aliphatic rings. The maximum Gasteiger partial charge on any atom is 0.242 e. The highest BCUT2D eigenvalue weighted by Crippen LogP contribution is 2.23. The molecule has 2 aromatic heterocycles. The van der Waals surface area contributed by atoms with Gasteiger partial charge in [0.1, 0.15) is 12.1 Å². The highest BCUT2D eigenvalue weighted by atomic mass is 16.5. The second kappa shape index (κ2) is 5.80. The zero-order valence-electron chi connectivity index (χ0n) is 12.5. The first-order chi connectivity index (χ1) is 10.6. The lowest BCUT2D eigenvalue weighted by molar-refractivity contribution is 0.414. The van der Waals surface area contributed by atoms with E-state index >= 15 is 0 Å². The maximum absolute atomic E-state index is 5.27. The lowest BCUT2D eigenvalue weighted by Gasteiger charge is -2.03. The minimum Gasteiger partial charge on any atom is -0.497 e. The van der Waals surface area contributed by atoms with Crippen LogP contribution < -0.4 is 4.74 Å². The quantitative estimate of drug-likeness (QED) is 0.736. The second-order valence-corrected chi connectivity index (χ2v) is 4.76. The van der Waals surface area contributed by atoms with Crippen LogP contribution in [0.5, 0.6) is 5.75 Å². The van der Waals surface area contributed by atoms with Crippen LogP contribution in [-0.2, 0) is 0 Å². The highest BCUT2D eigenvalue weighted by Gasteiger charge is 2.06. The molecule has 0 atom stereocenters. The lowest BCUT2D eigenvalue weighted by Crippen LogP contribution is -1.90. The maximum atomic E-state index is 5.27. The third kappa shape index (κ3) is 3.03. The molecular formula is C15H15N5O2. The molecule has 0 radical (unpaired) electrons. The monoisotopic (exact) mass is 297 g/mol. The number of ether oxygens (including phenoxy) is 1. The Morgan fingerprint density at radius 2 is 2.05 bits per heavy atom. The largest absolute Gasteiger partial charge is 0.497 e. The van der Waals surface area contributed by atoms with Crippen LogP contribution in [0.15, 0.2) is 28.9 Å². The van der Waals surface area contributed by atoms with E-state index in [1.807, 2.05) is 25.1 Å². The third-order valence-corrected chi connectivity index (χ3v) is 2.96. The smallest absolute Gasteiger partial charge is 0.242 e. The summed E-state index contributed by atoms with van der Waals surface area (Å²) in [6.45, 7) is 3.74. The number of benzene rings is 1. The first-order valence-electron chi connectivity index (χ1n) is 6.69. The van der Waals surface area contributed by atoms with Gasteiger partial charge in [0.25, 0.3) is 0 Å². The molecule has 3 rings (SSSR count). The Hall–Kier alpha value is -2.96. The van der Waals surface area contributed by atoms with Crippen LogP contribution in [0.1, 0.15) is 17.3 Å². The molecule has 0 amide bonds. The van der Waals surface area contributed by atoms with Crippen molar-refractivity contribution in [2.75, 3.05) is 7.11 Å². The molecule has 0 saturated heterocycles. The lowest BCUT2D eigenvalue weighted by atomic mass is 10.1. The van der Waals surface area contributed by atoms with E-state index in [9.17, 15) is 0 Å². The Labute approximate surface area is 127 Å². The van der Waals surface area contributed by atoms with Gasteiger partial charge in [-0.15, -0.1) is 15.3 Å². The molecule has 112 valence electrons. The van der Waals surface area contributed by atoms with E-state index in [0.29, 0.717) is 17.6 Å². The summed E-state index contributed by atoms with van der Waals surface area (Å²) in [5, 5.41) is 12.0. The Morgan fingerprint density at radius 1 is 1.18 bits per heavy atom. The van der Waals surface area contributed by atoms with Crippen LogP contribution in [0.2, 0.25) is 0 Å². The number of aryl methyl sites for hydroxylation is 2. The van der Waals surface area contributed by atoms with Crippen LogP contribution >= 0.6 is 0 Å². The molecule has 3 aromatic rings. The second-order valence-electron chi connectivity index (χ2n) is 4.76. The van der Waals surface area contributed by atoms with Crippen molar-refractivity contribution in [3.63, 3.8) is 0 Å².